The van der Waals surface area contributed by atoms with Gasteiger partial charge in [0.25, 0.3) is 0 Å². The summed E-state index contributed by atoms with van der Waals surface area (Å²) in [6.07, 6.45) is 2.95. The highest BCUT2D eigenvalue weighted by Gasteiger charge is 2.10. The van der Waals surface area contributed by atoms with Gasteiger partial charge in [-0.05, 0) is 35.9 Å². The van der Waals surface area contributed by atoms with Crippen molar-refractivity contribution in [3.8, 4) is 0 Å². The number of carbonyl (C=O) groups is 3. The number of Topliss-reactive ketones (excluding diaryl/α,β-unsaturated/α-hetero) is 1. The van der Waals surface area contributed by atoms with Gasteiger partial charge < -0.3 is 10.1 Å². The second-order valence-electron chi connectivity index (χ2n) is 5.05. The molecule has 2 rings (SSSR count). The summed E-state index contributed by atoms with van der Waals surface area (Å²) in [5.74, 6) is -1.46. The molecule has 0 saturated carbocycles. The van der Waals surface area contributed by atoms with E-state index in [0.29, 0.717) is 10.6 Å². The highest BCUT2D eigenvalue weighted by atomic mass is 35.5. The normalized spacial score (nSPS) is 10.4. The van der Waals surface area contributed by atoms with Gasteiger partial charge in [-0.25, -0.2) is 0 Å². The monoisotopic (exact) mass is 357 g/mol. The van der Waals surface area contributed by atoms with Crippen molar-refractivity contribution in [1.29, 1.82) is 0 Å². The minimum Gasteiger partial charge on any atom is -0.456 e. The highest BCUT2D eigenvalue weighted by Crippen LogP contribution is 2.10. The van der Waals surface area contributed by atoms with Gasteiger partial charge in [0.2, 0.25) is 5.91 Å². The molecule has 0 fully saturated rings. The molecule has 1 amide bonds. The number of hydrogen-bond acceptors (Lipinski definition) is 4. The van der Waals surface area contributed by atoms with E-state index in [1.807, 2.05) is 30.3 Å². The van der Waals surface area contributed by atoms with Gasteiger partial charge >= 0.3 is 5.97 Å². The van der Waals surface area contributed by atoms with Gasteiger partial charge in [-0.15, -0.1) is 0 Å². The molecule has 5 nitrogen and oxygen atoms in total. The molecular formula is C19H16ClNO4. The Bertz CT molecular complexity index is 770. The third-order valence-corrected chi connectivity index (χ3v) is 3.42. The average molecular weight is 358 g/mol. The smallest absolute Gasteiger partial charge is 0.325 e. The number of amides is 1. The van der Waals surface area contributed by atoms with Crippen molar-refractivity contribution in [3.05, 3.63) is 76.8 Å². The number of benzene rings is 2. The predicted molar refractivity (Wildman–Crippen MR) is 95.2 cm³/mol. The van der Waals surface area contributed by atoms with Gasteiger partial charge in [-0.3, -0.25) is 14.4 Å². The molecule has 25 heavy (non-hydrogen) atoms. The van der Waals surface area contributed by atoms with E-state index in [2.05, 4.69) is 5.32 Å². The summed E-state index contributed by atoms with van der Waals surface area (Å²) in [4.78, 5) is 35.0. The van der Waals surface area contributed by atoms with Crippen molar-refractivity contribution in [2.75, 3.05) is 13.2 Å². The first-order valence-electron chi connectivity index (χ1n) is 7.50. The van der Waals surface area contributed by atoms with Gasteiger partial charge in [0.15, 0.2) is 12.4 Å². The minimum atomic E-state index is -0.691. The Morgan fingerprint density at radius 1 is 1.00 bits per heavy atom. The van der Waals surface area contributed by atoms with Crippen LogP contribution in [0.1, 0.15) is 15.9 Å². The summed E-state index contributed by atoms with van der Waals surface area (Å²) >= 11 is 5.74. The van der Waals surface area contributed by atoms with Crippen LogP contribution in [0.25, 0.3) is 6.08 Å². The van der Waals surface area contributed by atoms with Crippen molar-refractivity contribution in [2.24, 2.45) is 0 Å². The van der Waals surface area contributed by atoms with Crippen LogP contribution in [0.4, 0.5) is 0 Å². The number of nitrogens with one attached hydrogen (secondary N) is 1. The molecule has 2 aromatic carbocycles. The maximum absolute atomic E-state index is 11.8. The van der Waals surface area contributed by atoms with E-state index < -0.39 is 18.5 Å². The number of ether oxygens (including phenoxy) is 1. The molecule has 0 atom stereocenters. The fourth-order valence-corrected chi connectivity index (χ4v) is 2.00. The Kier molecular flexibility index (Phi) is 6.92. The van der Waals surface area contributed by atoms with Gasteiger partial charge in [0.1, 0.15) is 6.54 Å². The van der Waals surface area contributed by atoms with Crippen LogP contribution in [0, 0.1) is 0 Å². The molecule has 0 aliphatic carbocycles. The van der Waals surface area contributed by atoms with E-state index in [4.69, 9.17) is 16.3 Å². The Hall–Kier alpha value is -2.92. The summed E-state index contributed by atoms with van der Waals surface area (Å²) in [5.41, 5.74) is 1.26. The largest absolute Gasteiger partial charge is 0.456 e. The predicted octanol–water partition coefficient (Wildman–Crippen LogP) is 2.90. The summed E-state index contributed by atoms with van der Waals surface area (Å²) in [5, 5.41) is 2.91. The molecule has 0 bridgehead atoms. The van der Waals surface area contributed by atoms with Crippen molar-refractivity contribution in [3.63, 3.8) is 0 Å². The van der Waals surface area contributed by atoms with Crippen LogP contribution in [-0.4, -0.2) is 30.8 Å². The van der Waals surface area contributed by atoms with Gasteiger partial charge in [0, 0.05) is 16.7 Å². The lowest BCUT2D eigenvalue weighted by Gasteiger charge is -2.05. The molecule has 0 radical (unpaired) electrons. The zero-order valence-electron chi connectivity index (χ0n) is 13.3. The molecule has 0 aliphatic heterocycles. The Morgan fingerprint density at radius 3 is 2.36 bits per heavy atom. The standard InChI is InChI=1S/C19H16ClNO4/c20-16-9-7-15(8-10-16)17(22)13-25-19(24)12-21-18(23)11-6-14-4-2-1-3-5-14/h1-11H,12-13H2,(H,21,23)/b11-6+. The second-order valence-corrected chi connectivity index (χ2v) is 5.49. The van der Waals surface area contributed by atoms with Crippen molar-refractivity contribution >= 4 is 35.3 Å². The lowest BCUT2D eigenvalue weighted by atomic mass is 10.1. The van der Waals surface area contributed by atoms with Crippen molar-refractivity contribution in [1.82, 2.24) is 5.32 Å². The number of hydrogen-bond donors (Lipinski definition) is 1. The Labute approximate surface area is 150 Å². The van der Waals surface area contributed by atoms with Crippen LogP contribution in [0.15, 0.2) is 60.7 Å². The SMILES string of the molecule is O=C(/C=C/c1ccccc1)NCC(=O)OCC(=O)c1ccc(Cl)cc1. The molecule has 2 aromatic rings. The molecule has 0 spiro atoms. The topological polar surface area (TPSA) is 72.5 Å². The quantitative estimate of drug-likeness (QED) is 0.470. The summed E-state index contributed by atoms with van der Waals surface area (Å²) in [7, 11) is 0. The highest BCUT2D eigenvalue weighted by molar-refractivity contribution is 6.30. The first kappa shape index (κ1) is 18.4. The maximum atomic E-state index is 11.8. The number of esters is 1. The maximum Gasteiger partial charge on any atom is 0.325 e. The molecular weight excluding hydrogens is 342 g/mol. The Morgan fingerprint density at radius 2 is 1.68 bits per heavy atom. The van der Waals surface area contributed by atoms with Crippen LogP contribution in [0.2, 0.25) is 5.02 Å². The molecule has 6 heteroatoms. The summed E-state index contributed by atoms with van der Waals surface area (Å²) in [6, 6.07) is 15.5. The van der Waals surface area contributed by atoms with E-state index in [1.165, 1.54) is 6.08 Å². The molecule has 128 valence electrons. The van der Waals surface area contributed by atoms with Crippen LogP contribution in [-0.2, 0) is 14.3 Å². The third kappa shape index (κ3) is 6.61. The zero-order valence-corrected chi connectivity index (χ0v) is 14.0. The van der Waals surface area contributed by atoms with E-state index >= 15 is 0 Å². The first-order valence-corrected chi connectivity index (χ1v) is 7.88. The fourth-order valence-electron chi connectivity index (χ4n) is 1.87. The third-order valence-electron chi connectivity index (χ3n) is 3.16. The first-order chi connectivity index (χ1) is 12.0. The van der Waals surface area contributed by atoms with E-state index in [1.54, 1.807) is 30.3 Å². The second kappa shape index (κ2) is 9.39. The summed E-state index contributed by atoms with van der Waals surface area (Å²) < 4.78 is 4.84. The fraction of sp³-hybridized carbons (Fsp3) is 0.105. The van der Waals surface area contributed by atoms with E-state index in [-0.39, 0.29) is 12.3 Å². The van der Waals surface area contributed by atoms with Gasteiger partial charge in [-0.2, -0.15) is 0 Å². The average Bonchev–Trinajstić information content (AvgIpc) is 2.64. The number of carbonyl (C=O) groups excluding carboxylic acids is 3. The minimum absolute atomic E-state index is 0.314. The Balaban J connectivity index is 1.71. The van der Waals surface area contributed by atoms with Crippen LogP contribution in [0.3, 0.4) is 0 Å². The molecule has 0 heterocycles. The van der Waals surface area contributed by atoms with E-state index in [0.717, 1.165) is 5.56 Å². The number of rotatable bonds is 7. The van der Waals surface area contributed by atoms with Gasteiger partial charge in [0.05, 0.1) is 0 Å². The summed E-state index contributed by atoms with van der Waals surface area (Å²) in [6.45, 7) is -0.706. The van der Waals surface area contributed by atoms with Crippen LogP contribution >= 0.6 is 11.6 Å². The van der Waals surface area contributed by atoms with Gasteiger partial charge in [-0.1, -0.05) is 41.9 Å². The van der Waals surface area contributed by atoms with Crippen molar-refractivity contribution < 1.29 is 19.1 Å². The molecule has 0 saturated heterocycles. The van der Waals surface area contributed by atoms with Crippen LogP contribution < -0.4 is 5.32 Å². The number of ketones is 1. The lowest BCUT2D eigenvalue weighted by molar-refractivity contribution is -0.142. The zero-order chi connectivity index (χ0) is 18.1. The van der Waals surface area contributed by atoms with E-state index in [9.17, 15) is 14.4 Å². The molecule has 1 N–H and O–H groups in total. The molecule has 0 aromatic heterocycles. The number of halogens is 1. The van der Waals surface area contributed by atoms with Crippen molar-refractivity contribution in [2.45, 2.75) is 0 Å². The molecule has 0 aliphatic rings. The lowest BCUT2D eigenvalue weighted by Crippen LogP contribution is -2.30. The van der Waals surface area contributed by atoms with Crippen LogP contribution in [0.5, 0.6) is 0 Å². The molecule has 0 unspecified atom stereocenters.